The monoisotopic (exact) mass is 436 g/mol. The fourth-order valence-electron chi connectivity index (χ4n) is 3.32. The summed E-state index contributed by atoms with van der Waals surface area (Å²) in [6.07, 6.45) is 3.37. The van der Waals surface area contributed by atoms with Gasteiger partial charge in [-0.05, 0) is 51.6 Å². The molecule has 0 unspecified atom stereocenters. The molecule has 0 aliphatic carbocycles. The molecule has 8 nitrogen and oxygen atoms in total. The standard InChI is InChI=1S/C23H23FN6O2.H2/c1-13(2)30-12-16(6-8-20(30)31)19-11-26-14(3)21(27-19)23-29-28-22(32-23)17-7-5-15(10-25-4)9-18(17)24;/h5-9,11-13,25H,10H2,1-4H3;1H. The van der Waals surface area contributed by atoms with Crippen LogP contribution in [0.15, 0.2) is 51.9 Å². The molecule has 1 N–H and O–H groups in total. The highest BCUT2D eigenvalue weighted by Crippen LogP contribution is 2.28. The molecule has 0 saturated heterocycles. The van der Waals surface area contributed by atoms with E-state index >= 15 is 0 Å². The van der Waals surface area contributed by atoms with Crippen LogP contribution in [0.4, 0.5) is 4.39 Å². The lowest BCUT2D eigenvalue weighted by atomic mass is 10.1. The van der Waals surface area contributed by atoms with E-state index in [4.69, 9.17) is 4.42 Å². The second kappa shape index (κ2) is 8.80. The van der Waals surface area contributed by atoms with Gasteiger partial charge in [0.05, 0.1) is 23.1 Å². The molecule has 9 heteroatoms. The third-order valence-corrected chi connectivity index (χ3v) is 5.02. The van der Waals surface area contributed by atoms with Crippen LogP contribution in [-0.4, -0.2) is 31.8 Å². The third-order valence-electron chi connectivity index (χ3n) is 5.02. The Bertz CT molecular complexity index is 1330. The van der Waals surface area contributed by atoms with Crippen LogP contribution in [0.2, 0.25) is 0 Å². The highest BCUT2D eigenvalue weighted by Gasteiger charge is 2.18. The van der Waals surface area contributed by atoms with Crippen molar-refractivity contribution in [3.05, 3.63) is 70.2 Å². The van der Waals surface area contributed by atoms with Gasteiger partial charge in [-0.15, -0.1) is 10.2 Å². The summed E-state index contributed by atoms with van der Waals surface area (Å²) in [4.78, 5) is 21.1. The number of nitrogens with zero attached hydrogens (tertiary/aromatic N) is 5. The summed E-state index contributed by atoms with van der Waals surface area (Å²) in [6.45, 7) is 6.19. The molecule has 0 fully saturated rings. The molecule has 4 rings (SSSR count). The van der Waals surface area contributed by atoms with Crippen LogP contribution in [0.5, 0.6) is 0 Å². The summed E-state index contributed by atoms with van der Waals surface area (Å²) >= 11 is 0. The maximum atomic E-state index is 14.6. The Balaban J connectivity index is 0.00000306. The van der Waals surface area contributed by atoms with Gasteiger partial charge in [0.15, 0.2) is 0 Å². The summed E-state index contributed by atoms with van der Waals surface area (Å²) in [5, 5.41) is 11.1. The van der Waals surface area contributed by atoms with Gasteiger partial charge in [0, 0.05) is 31.8 Å². The first-order valence-corrected chi connectivity index (χ1v) is 10.2. The van der Waals surface area contributed by atoms with Gasteiger partial charge in [0.2, 0.25) is 0 Å². The molecule has 0 atom stereocenters. The fraction of sp³-hybridized carbons (Fsp3) is 0.261. The molecule has 4 aromatic rings. The zero-order valence-corrected chi connectivity index (χ0v) is 18.3. The van der Waals surface area contributed by atoms with Gasteiger partial charge in [-0.1, -0.05) is 6.07 Å². The largest absolute Gasteiger partial charge is 0.414 e. The van der Waals surface area contributed by atoms with Gasteiger partial charge in [-0.2, -0.15) is 0 Å². The van der Waals surface area contributed by atoms with E-state index < -0.39 is 5.82 Å². The van der Waals surface area contributed by atoms with Crippen LogP contribution in [0, 0.1) is 12.7 Å². The van der Waals surface area contributed by atoms with E-state index in [1.54, 1.807) is 49.1 Å². The molecule has 3 heterocycles. The Morgan fingerprint density at radius 3 is 2.69 bits per heavy atom. The van der Waals surface area contributed by atoms with E-state index in [0.717, 1.165) is 11.1 Å². The summed E-state index contributed by atoms with van der Waals surface area (Å²) < 4.78 is 21.9. The molecular formula is C23H25FN6O2. The molecule has 0 spiro atoms. The SMILES string of the molecule is CNCc1ccc(-c2nnc(-c3nc(-c4ccc(=O)n(C(C)C)c4)cnc3C)o2)c(F)c1.[HH]. The van der Waals surface area contributed by atoms with Gasteiger partial charge >= 0.3 is 0 Å². The van der Waals surface area contributed by atoms with Crippen molar-refractivity contribution in [2.45, 2.75) is 33.4 Å². The molecule has 0 aliphatic heterocycles. The molecule has 0 bridgehead atoms. The van der Waals surface area contributed by atoms with E-state index in [0.29, 0.717) is 23.6 Å². The number of nitrogens with one attached hydrogen (secondary N) is 1. The van der Waals surface area contributed by atoms with E-state index in [-0.39, 0.29) is 30.4 Å². The minimum absolute atomic E-state index is 0. The molecule has 0 saturated carbocycles. The van der Waals surface area contributed by atoms with Gasteiger partial charge in [-0.3, -0.25) is 9.78 Å². The maximum absolute atomic E-state index is 14.6. The number of aryl methyl sites for hydroxylation is 1. The van der Waals surface area contributed by atoms with Crippen molar-refractivity contribution in [2.75, 3.05) is 7.05 Å². The van der Waals surface area contributed by atoms with Gasteiger partial charge < -0.3 is 14.3 Å². The van der Waals surface area contributed by atoms with Crippen molar-refractivity contribution < 1.29 is 10.2 Å². The first-order chi connectivity index (χ1) is 15.4. The highest BCUT2D eigenvalue weighted by atomic mass is 19.1. The Labute approximate surface area is 185 Å². The van der Waals surface area contributed by atoms with Gasteiger partial charge in [-0.25, -0.2) is 9.37 Å². The highest BCUT2D eigenvalue weighted by molar-refractivity contribution is 5.63. The minimum atomic E-state index is -0.444. The minimum Gasteiger partial charge on any atom is -0.414 e. The summed E-state index contributed by atoms with van der Waals surface area (Å²) in [5.41, 5.74) is 3.22. The van der Waals surface area contributed by atoms with Crippen molar-refractivity contribution in [1.82, 2.24) is 30.0 Å². The normalized spacial score (nSPS) is 11.3. The zero-order valence-electron chi connectivity index (χ0n) is 18.3. The second-order valence-corrected chi connectivity index (χ2v) is 7.70. The molecule has 0 aliphatic rings. The van der Waals surface area contributed by atoms with Crippen LogP contribution in [0.25, 0.3) is 34.3 Å². The molecule has 166 valence electrons. The smallest absolute Gasteiger partial charge is 0.268 e. The van der Waals surface area contributed by atoms with E-state index in [9.17, 15) is 9.18 Å². The first kappa shape index (κ1) is 21.5. The quantitative estimate of drug-likeness (QED) is 0.487. The van der Waals surface area contributed by atoms with Crippen molar-refractivity contribution in [2.24, 2.45) is 0 Å². The Hall–Kier alpha value is -3.72. The number of aromatic nitrogens is 5. The molecular weight excluding hydrogens is 411 g/mol. The lowest BCUT2D eigenvalue weighted by Gasteiger charge is -2.11. The average molecular weight is 436 g/mol. The Morgan fingerprint density at radius 1 is 1.19 bits per heavy atom. The van der Waals surface area contributed by atoms with Crippen molar-refractivity contribution in [1.29, 1.82) is 0 Å². The average Bonchev–Trinajstić information content (AvgIpc) is 3.24. The van der Waals surface area contributed by atoms with Crippen LogP contribution < -0.4 is 10.9 Å². The van der Waals surface area contributed by atoms with E-state index in [1.807, 2.05) is 13.8 Å². The van der Waals surface area contributed by atoms with Crippen LogP contribution in [-0.2, 0) is 6.54 Å². The number of rotatable bonds is 6. The summed E-state index contributed by atoms with van der Waals surface area (Å²) in [5.74, 6) is -0.239. The Morgan fingerprint density at radius 2 is 1.97 bits per heavy atom. The number of hydrogen-bond donors (Lipinski definition) is 1. The number of benzene rings is 1. The third kappa shape index (κ3) is 4.19. The topological polar surface area (TPSA) is 98.7 Å². The zero-order chi connectivity index (χ0) is 22.8. The van der Waals surface area contributed by atoms with Crippen LogP contribution in [0.3, 0.4) is 0 Å². The van der Waals surface area contributed by atoms with Crippen molar-refractivity contribution in [3.63, 3.8) is 0 Å². The van der Waals surface area contributed by atoms with Crippen molar-refractivity contribution in [3.8, 4) is 34.3 Å². The second-order valence-electron chi connectivity index (χ2n) is 7.70. The number of halogens is 1. The molecule has 3 aromatic heterocycles. The maximum Gasteiger partial charge on any atom is 0.268 e. The van der Waals surface area contributed by atoms with Crippen LogP contribution >= 0.6 is 0 Å². The summed E-state index contributed by atoms with van der Waals surface area (Å²) in [7, 11) is 1.80. The molecule has 1 aromatic carbocycles. The fourth-order valence-corrected chi connectivity index (χ4v) is 3.32. The van der Waals surface area contributed by atoms with Gasteiger partial charge in [0.1, 0.15) is 11.5 Å². The molecule has 0 radical (unpaired) electrons. The van der Waals surface area contributed by atoms with E-state index in [2.05, 4.69) is 25.5 Å². The predicted molar refractivity (Wildman–Crippen MR) is 120 cm³/mol. The molecule has 32 heavy (non-hydrogen) atoms. The number of hydrogen-bond acceptors (Lipinski definition) is 7. The predicted octanol–water partition coefficient (Wildman–Crippen LogP) is 4.02. The first-order valence-electron chi connectivity index (χ1n) is 10.2. The lowest BCUT2D eigenvalue weighted by molar-refractivity contribution is 0.567. The Kier molecular flexibility index (Phi) is 5.91. The van der Waals surface area contributed by atoms with Crippen molar-refractivity contribution >= 4 is 0 Å². The van der Waals surface area contributed by atoms with Gasteiger partial charge in [0.25, 0.3) is 17.3 Å². The molecule has 0 amide bonds. The lowest BCUT2D eigenvalue weighted by Crippen LogP contribution is -2.20. The van der Waals surface area contributed by atoms with Crippen LogP contribution in [0.1, 0.15) is 32.6 Å². The summed E-state index contributed by atoms with van der Waals surface area (Å²) in [6, 6.07) is 8.06. The van der Waals surface area contributed by atoms with E-state index in [1.165, 1.54) is 12.1 Å². The number of pyridine rings is 1.